The van der Waals surface area contributed by atoms with Gasteiger partial charge < -0.3 is 0 Å². The normalized spacial score (nSPS) is 21.1. The maximum Gasteiger partial charge on any atom is 0.0766 e. The second kappa shape index (κ2) is 7.82. The minimum Gasteiger partial charge on any atom is -0.271 e. The van der Waals surface area contributed by atoms with Crippen molar-refractivity contribution in [2.75, 3.05) is 5.75 Å². The zero-order valence-corrected chi connectivity index (χ0v) is 14.8. The third-order valence-electron chi connectivity index (χ3n) is 3.99. The number of halogens is 1. The molecule has 0 spiro atoms. The van der Waals surface area contributed by atoms with Gasteiger partial charge in [-0.15, -0.1) is 0 Å². The van der Waals surface area contributed by atoms with Gasteiger partial charge in [-0.1, -0.05) is 13.3 Å². The number of hydrogen-bond donors (Lipinski definition) is 2. The monoisotopic (exact) mass is 360 g/mol. The predicted molar refractivity (Wildman–Crippen MR) is 89.9 cm³/mol. The zero-order chi connectivity index (χ0) is 14.5. The van der Waals surface area contributed by atoms with Crippen molar-refractivity contribution in [1.29, 1.82) is 0 Å². The highest BCUT2D eigenvalue weighted by molar-refractivity contribution is 9.10. The number of nitrogens with one attached hydrogen (secondary N) is 1. The fourth-order valence-corrected chi connectivity index (χ4v) is 4.94. The quantitative estimate of drug-likeness (QED) is 0.604. The largest absolute Gasteiger partial charge is 0.271 e. The fourth-order valence-electron chi connectivity index (χ4n) is 2.80. The first kappa shape index (κ1) is 16.3. The van der Waals surface area contributed by atoms with E-state index in [-0.39, 0.29) is 0 Å². The SMILES string of the molecule is CCc1nn(CC)c(CC(NN)C2CCCCS2)c1Br. The minimum absolute atomic E-state index is 0.323. The second-order valence-corrected chi connectivity index (χ2v) is 7.40. The van der Waals surface area contributed by atoms with Gasteiger partial charge in [-0.25, -0.2) is 0 Å². The Kier molecular flexibility index (Phi) is 6.39. The van der Waals surface area contributed by atoms with Crippen LogP contribution in [-0.4, -0.2) is 26.8 Å². The Morgan fingerprint density at radius 2 is 2.30 bits per heavy atom. The molecule has 0 aliphatic carbocycles. The molecule has 0 aromatic carbocycles. The van der Waals surface area contributed by atoms with Crippen molar-refractivity contribution >= 4 is 27.7 Å². The summed E-state index contributed by atoms with van der Waals surface area (Å²) in [6.07, 6.45) is 5.83. The van der Waals surface area contributed by atoms with Crippen LogP contribution in [0.5, 0.6) is 0 Å². The van der Waals surface area contributed by atoms with Gasteiger partial charge in [0.2, 0.25) is 0 Å². The average Bonchev–Trinajstić information content (AvgIpc) is 2.81. The summed E-state index contributed by atoms with van der Waals surface area (Å²) in [4.78, 5) is 0. The van der Waals surface area contributed by atoms with Crippen LogP contribution in [0.15, 0.2) is 4.47 Å². The molecule has 2 unspecified atom stereocenters. The number of nitrogens with zero attached hydrogens (tertiary/aromatic N) is 2. The van der Waals surface area contributed by atoms with Gasteiger partial charge in [0, 0.05) is 24.3 Å². The number of thioether (sulfide) groups is 1. The van der Waals surface area contributed by atoms with E-state index in [1.165, 1.54) is 35.2 Å². The molecule has 114 valence electrons. The van der Waals surface area contributed by atoms with E-state index in [1.54, 1.807) is 0 Å². The van der Waals surface area contributed by atoms with Crippen molar-refractivity contribution in [3.05, 3.63) is 15.9 Å². The Labute approximate surface area is 134 Å². The van der Waals surface area contributed by atoms with Crippen LogP contribution < -0.4 is 11.3 Å². The van der Waals surface area contributed by atoms with Gasteiger partial charge in [0.05, 0.1) is 15.9 Å². The third kappa shape index (κ3) is 3.59. The molecule has 2 heterocycles. The zero-order valence-electron chi connectivity index (χ0n) is 12.4. The Hall–Kier alpha value is -0.0400. The summed E-state index contributed by atoms with van der Waals surface area (Å²) in [7, 11) is 0. The lowest BCUT2D eigenvalue weighted by Gasteiger charge is -2.29. The van der Waals surface area contributed by atoms with Crippen LogP contribution in [-0.2, 0) is 19.4 Å². The number of aromatic nitrogens is 2. The second-order valence-electron chi connectivity index (χ2n) is 5.26. The van der Waals surface area contributed by atoms with E-state index in [4.69, 9.17) is 5.84 Å². The van der Waals surface area contributed by atoms with E-state index >= 15 is 0 Å². The Morgan fingerprint density at radius 1 is 1.50 bits per heavy atom. The van der Waals surface area contributed by atoms with E-state index in [9.17, 15) is 0 Å². The highest BCUT2D eigenvalue weighted by Crippen LogP contribution is 2.31. The number of hydrogen-bond acceptors (Lipinski definition) is 4. The molecule has 0 radical (unpaired) electrons. The van der Waals surface area contributed by atoms with E-state index in [0.717, 1.165) is 25.1 Å². The molecule has 4 nitrogen and oxygen atoms in total. The van der Waals surface area contributed by atoms with Crippen molar-refractivity contribution in [3.63, 3.8) is 0 Å². The molecule has 1 aromatic rings. The van der Waals surface area contributed by atoms with Crippen LogP contribution in [0.4, 0.5) is 0 Å². The van der Waals surface area contributed by atoms with Crippen LogP contribution in [0.1, 0.15) is 44.5 Å². The van der Waals surface area contributed by atoms with Crippen LogP contribution in [0, 0.1) is 0 Å². The highest BCUT2D eigenvalue weighted by Gasteiger charge is 2.26. The number of rotatable bonds is 6. The van der Waals surface area contributed by atoms with Crippen LogP contribution in [0.2, 0.25) is 0 Å². The first-order valence-corrected chi connectivity index (χ1v) is 9.37. The van der Waals surface area contributed by atoms with E-state index in [2.05, 4.69) is 56.7 Å². The van der Waals surface area contributed by atoms with E-state index in [1.807, 2.05) is 0 Å². The Bertz CT molecular complexity index is 429. The number of hydrazine groups is 1. The van der Waals surface area contributed by atoms with Gasteiger partial charge in [-0.05, 0) is 47.9 Å². The Morgan fingerprint density at radius 3 is 2.85 bits per heavy atom. The fraction of sp³-hybridized carbons (Fsp3) is 0.786. The van der Waals surface area contributed by atoms with E-state index in [0.29, 0.717) is 11.3 Å². The molecule has 20 heavy (non-hydrogen) atoms. The van der Waals surface area contributed by atoms with Gasteiger partial charge in [-0.3, -0.25) is 16.0 Å². The lowest BCUT2D eigenvalue weighted by Crippen LogP contribution is -2.45. The smallest absolute Gasteiger partial charge is 0.0766 e. The van der Waals surface area contributed by atoms with Gasteiger partial charge >= 0.3 is 0 Å². The van der Waals surface area contributed by atoms with Crippen molar-refractivity contribution in [3.8, 4) is 0 Å². The summed E-state index contributed by atoms with van der Waals surface area (Å²) in [5.41, 5.74) is 5.47. The molecule has 0 bridgehead atoms. The van der Waals surface area contributed by atoms with Crippen molar-refractivity contribution in [2.45, 2.75) is 63.8 Å². The molecular weight excluding hydrogens is 336 g/mol. The predicted octanol–water partition coefficient (Wildman–Crippen LogP) is 2.89. The molecule has 1 saturated heterocycles. The summed E-state index contributed by atoms with van der Waals surface area (Å²) in [5.74, 6) is 7.09. The summed E-state index contributed by atoms with van der Waals surface area (Å²) in [6, 6.07) is 0.323. The molecule has 0 amide bonds. The van der Waals surface area contributed by atoms with E-state index < -0.39 is 0 Å². The molecule has 2 atom stereocenters. The minimum atomic E-state index is 0.323. The molecule has 1 aliphatic heterocycles. The summed E-state index contributed by atoms with van der Waals surface area (Å²) in [5, 5.41) is 5.29. The van der Waals surface area contributed by atoms with Crippen LogP contribution in [0.25, 0.3) is 0 Å². The Balaban J connectivity index is 2.15. The van der Waals surface area contributed by atoms with Crippen molar-refractivity contribution in [1.82, 2.24) is 15.2 Å². The van der Waals surface area contributed by atoms with Crippen LogP contribution >= 0.6 is 27.7 Å². The summed E-state index contributed by atoms with van der Waals surface area (Å²) >= 11 is 5.79. The van der Waals surface area contributed by atoms with Gasteiger partial charge in [-0.2, -0.15) is 16.9 Å². The maximum absolute atomic E-state index is 5.82. The molecule has 0 saturated carbocycles. The lowest BCUT2D eigenvalue weighted by molar-refractivity contribution is 0.456. The lowest BCUT2D eigenvalue weighted by atomic mass is 10.0. The van der Waals surface area contributed by atoms with Gasteiger partial charge in [0.1, 0.15) is 0 Å². The highest BCUT2D eigenvalue weighted by atomic mass is 79.9. The van der Waals surface area contributed by atoms with Crippen LogP contribution in [0.3, 0.4) is 0 Å². The molecule has 2 rings (SSSR count). The molecule has 1 fully saturated rings. The molecule has 1 aliphatic rings. The maximum atomic E-state index is 5.82. The molecule has 6 heteroatoms. The summed E-state index contributed by atoms with van der Waals surface area (Å²) < 4.78 is 3.28. The molecule has 3 N–H and O–H groups in total. The molecule has 1 aromatic heterocycles. The van der Waals surface area contributed by atoms with Crippen molar-refractivity contribution < 1.29 is 0 Å². The van der Waals surface area contributed by atoms with Crippen molar-refractivity contribution in [2.24, 2.45) is 5.84 Å². The van der Waals surface area contributed by atoms with Gasteiger partial charge in [0.15, 0.2) is 0 Å². The molecular formula is C14H25BrN4S. The topological polar surface area (TPSA) is 55.9 Å². The number of aryl methyl sites for hydroxylation is 2. The standard InChI is InChI=1S/C14H25BrN4S/c1-3-10-14(15)12(19(4-2)18-10)9-11(17-16)13-7-5-6-8-20-13/h11,13,17H,3-9,16H2,1-2H3. The average molecular weight is 361 g/mol. The first-order valence-electron chi connectivity index (χ1n) is 7.53. The van der Waals surface area contributed by atoms with Gasteiger partial charge in [0.25, 0.3) is 0 Å². The number of nitrogens with two attached hydrogens (primary N) is 1. The summed E-state index contributed by atoms with van der Waals surface area (Å²) in [6.45, 7) is 5.19. The first-order chi connectivity index (χ1) is 9.71. The third-order valence-corrected chi connectivity index (χ3v) is 6.42.